The van der Waals surface area contributed by atoms with Crippen molar-refractivity contribution in [2.45, 2.75) is 19.9 Å². The van der Waals surface area contributed by atoms with Crippen molar-refractivity contribution >= 4 is 6.03 Å². The van der Waals surface area contributed by atoms with Crippen LogP contribution in [0.3, 0.4) is 0 Å². The zero-order chi connectivity index (χ0) is 15.2. The summed E-state index contributed by atoms with van der Waals surface area (Å²) >= 11 is 0. The molecule has 0 spiro atoms. The highest BCUT2D eigenvalue weighted by atomic mass is 19.1. The van der Waals surface area contributed by atoms with Crippen LogP contribution in [0.15, 0.2) is 24.5 Å². The number of halogens is 1. The second-order valence-electron chi connectivity index (χ2n) is 4.73. The fourth-order valence-electron chi connectivity index (χ4n) is 1.95. The van der Waals surface area contributed by atoms with Crippen LogP contribution in [0.2, 0.25) is 0 Å². The van der Waals surface area contributed by atoms with E-state index in [4.69, 9.17) is 0 Å². The van der Waals surface area contributed by atoms with Crippen LogP contribution < -0.4 is 10.6 Å². The average molecular weight is 291 g/mol. The van der Waals surface area contributed by atoms with Gasteiger partial charge in [0.15, 0.2) is 0 Å². The Bertz CT molecular complexity index is 626. The summed E-state index contributed by atoms with van der Waals surface area (Å²) in [7, 11) is 1.76. The monoisotopic (exact) mass is 291 g/mol. The van der Waals surface area contributed by atoms with Crippen molar-refractivity contribution in [3.05, 3.63) is 47.3 Å². The summed E-state index contributed by atoms with van der Waals surface area (Å²) in [5.41, 5.74) is 1.90. The third-order valence-corrected chi connectivity index (χ3v) is 3.20. The molecule has 0 saturated heterocycles. The van der Waals surface area contributed by atoms with Crippen molar-refractivity contribution in [2.75, 3.05) is 6.54 Å². The molecule has 0 bridgehead atoms. The predicted octanol–water partition coefficient (Wildman–Crippen LogP) is 1.30. The molecule has 0 fully saturated rings. The maximum absolute atomic E-state index is 13.0. The molecule has 2 N–H and O–H groups in total. The third-order valence-electron chi connectivity index (χ3n) is 3.20. The lowest BCUT2D eigenvalue weighted by Crippen LogP contribution is -2.36. The Morgan fingerprint density at radius 3 is 2.86 bits per heavy atom. The maximum Gasteiger partial charge on any atom is 0.315 e. The summed E-state index contributed by atoms with van der Waals surface area (Å²) in [4.78, 5) is 15.6. The number of aromatic nitrogens is 3. The van der Waals surface area contributed by atoms with Gasteiger partial charge >= 0.3 is 6.03 Å². The van der Waals surface area contributed by atoms with Gasteiger partial charge in [-0.05, 0) is 36.6 Å². The number of carbonyl (C=O) groups is 1. The average Bonchev–Trinajstić information content (AvgIpc) is 2.84. The molecule has 1 heterocycles. The minimum absolute atomic E-state index is 0.245. The van der Waals surface area contributed by atoms with E-state index in [1.165, 1.54) is 18.5 Å². The standard InChI is InChI=1S/C14H18FN5O/c1-10-7-12(15)4-3-11(10)5-6-16-14(21)17-8-13-18-9-19-20(13)2/h3-4,7,9H,5-6,8H2,1-2H3,(H2,16,17,21). The first kappa shape index (κ1) is 15.0. The summed E-state index contributed by atoms with van der Waals surface area (Å²) < 4.78 is 14.6. The first-order chi connectivity index (χ1) is 10.1. The predicted molar refractivity (Wildman–Crippen MR) is 76.1 cm³/mol. The zero-order valence-corrected chi connectivity index (χ0v) is 12.1. The van der Waals surface area contributed by atoms with E-state index in [9.17, 15) is 9.18 Å². The molecule has 0 aliphatic carbocycles. The number of nitrogens with zero attached hydrogens (tertiary/aromatic N) is 3. The fourth-order valence-corrected chi connectivity index (χ4v) is 1.95. The number of carbonyl (C=O) groups excluding carboxylic acids is 1. The van der Waals surface area contributed by atoms with E-state index in [1.807, 2.05) is 6.92 Å². The molecule has 0 aliphatic rings. The van der Waals surface area contributed by atoms with Crippen LogP contribution in [0.4, 0.5) is 9.18 Å². The van der Waals surface area contributed by atoms with Gasteiger partial charge in [-0.3, -0.25) is 4.68 Å². The number of benzene rings is 1. The Morgan fingerprint density at radius 1 is 1.38 bits per heavy atom. The topological polar surface area (TPSA) is 71.8 Å². The number of nitrogens with one attached hydrogen (secondary N) is 2. The van der Waals surface area contributed by atoms with Crippen molar-refractivity contribution in [1.29, 1.82) is 0 Å². The Kier molecular flexibility index (Phi) is 4.86. The number of aryl methyl sites for hydroxylation is 2. The summed E-state index contributed by atoms with van der Waals surface area (Å²) in [6.45, 7) is 2.65. The molecule has 0 saturated carbocycles. The highest BCUT2D eigenvalue weighted by molar-refractivity contribution is 5.73. The highest BCUT2D eigenvalue weighted by Crippen LogP contribution is 2.10. The van der Waals surface area contributed by atoms with E-state index in [0.29, 0.717) is 25.3 Å². The smallest absolute Gasteiger partial charge is 0.315 e. The second kappa shape index (κ2) is 6.83. The van der Waals surface area contributed by atoms with Gasteiger partial charge in [0.25, 0.3) is 0 Å². The Labute approximate surface area is 122 Å². The second-order valence-corrected chi connectivity index (χ2v) is 4.73. The van der Waals surface area contributed by atoms with Gasteiger partial charge in [0.1, 0.15) is 18.0 Å². The van der Waals surface area contributed by atoms with E-state index in [-0.39, 0.29) is 11.8 Å². The Hall–Kier alpha value is -2.44. The van der Waals surface area contributed by atoms with E-state index < -0.39 is 0 Å². The summed E-state index contributed by atoms with van der Waals surface area (Å²) in [6.07, 6.45) is 2.09. The molecule has 7 heteroatoms. The van der Waals surface area contributed by atoms with Gasteiger partial charge in [-0.2, -0.15) is 5.10 Å². The molecule has 2 aromatic rings. The van der Waals surface area contributed by atoms with Crippen LogP contribution in [0, 0.1) is 12.7 Å². The van der Waals surface area contributed by atoms with Crippen LogP contribution >= 0.6 is 0 Å². The quantitative estimate of drug-likeness (QED) is 0.872. The van der Waals surface area contributed by atoms with Crippen LogP contribution in [0.1, 0.15) is 17.0 Å². The summed E-state index contributed by atoms with van der Waals surface area (Å²) in [6, 6.07) is 4.39. The van der Waals surface area contributed by atoms with Gasteiger partial charge in [-0.15, -0.1) is 0 Å². The largest absolute Gasteiger partial charge is 0.338 e. The summed E-state index contributed by atoms with van der Waals surface area (Å²) in [5.74, 6) is 0.435. The van der Waals surface area contributed by atoms with E-state index in [1.54, 1.807) is 17.8 Å². The minimum atomic E-state index is -0.266. The maximum atomic E-state index is 13.0. The van der Waals surface area contributed by atoms with Gasteiger partial charge < -0.3 is 10.6 Å². The van der Waals surface area contributed by atoms with Crippen LogP contribution in [0.25, 0.3) is 0 Å². The van der Waals surface area contributed by atoms with Crippen molar-refractivity contribution in [1.82, 2.24) is 25.4 Å². The molecule has 112 valence electrons. The molecule has 0 unspecified atom stereocenters. The van der Waals surface area contributed by atoms with Gasteiger partial charge in [-0.25, -0.2) is 14.2 Å². The number of rotatable bonds is 5. The number of hydrogen-bond donors (Lipinski definition) is 2. The number of amides is 2. The molecule has 21 heavy (non-hydrogen) atoms. The van der Waals surface area contributed by atoms with E-state index in [2.05, 4.69) is 20.7 Å². The molecule has 6 nitrogen and oxygen atoms in total. The summed E-state index contributed by atoms with van der Waals surface area (Å²) in [5, 5.41) is 9.37. The van der Waals surface area contributed by atoms with Crippen LogP contribution in [-0.2, 0) is 20.0 Å². The van der Waals surface area contributed by atoms with Crippen molar-refractivity contribution < 1.29 is 9.18 Å². The van der Waals surface area contributed by atoms with Crippen molar-refractivity contribution in [2.24, 2.45) is 7.05 Å². The molecule has 0 atom stereocenters. The lowest BCUT2D eigenvalue weighted by molar-refractivity contribution is 0.240. The first-order valence-electron chi connectivity index (χ1n) is 6.66. The fraction of sp³-hybridized carbons (Fsp3) is 0.357. The van der Waals surface area contributed by atoms with Crippen molar-refractivity contribution in [3.8, 4) is 0 Å². The Morgan fingerprint density at radius 2 is 2.19 bits per heavy atom. The normalized spacial score (nSPS) is 10.4. The highest BCUT2D eigenvalue weighted by Gasteiger charge is 2.05. The van der Waals surface area contributed by atoms with E-state index >= 15 is 0 Å². The lowest BCUT2D eigenvalue weighted by atomic mass is 10.1. The number of hydrogen-bond acceptors (Lipinski definition) is 3. The lowest BCUT2D eigenvalue weighted by Gasteiger charge is -2.09. The van der Waals surface area contributed by atoms with Gasteiger partial charge in [0, 0.05) is 13.6 Å². The van der Waals surface area contributed by atoms with Gasteiger partial charge in [0.2, 0.25) is 0 Å². The van der Waals surface area contributed by atoms with E-state index in [0.717, 1.165) is 11.1 Å². The molecule has 2 rings (SSSR count). The number of urea groups is 1. The first-order valence-corrected chi connectivity index (χ1v) is 6.66. The van der Waals surface area contributed by atoms with Crippen molar-refractivity contribution in [3.63, 3.8) is 0 Å². The molecule has 2 amide bonds. The minimum Gasteiger partial charge on any atom is -0.338 e. The van der Waals surface area contributed by atoms with Crippen LogP contribution in [-0.4, -0.2) is 27.3 Å². The van der Waals surface area contributed by atoms with Gasteiger partial charge in [0.05, 0.1) is 6.54 Å². The molecule has 1 aromatic heterocycles. The molecular weight excluding hydrogens is 273 g/mol. The van der Waals surface area contributed by atoms with Gasteiger partial charge in [-0.1, -0.05) is 6.07 Å². The molecular formula is C14H18FN5O. The Balaban J connectivity index is 1.73. The zero-order valence-electron chi connectivity index (χ0n) is 12.1. The third kappa shape index (κ3) is 4.27. The molecule has 0 radical (unpaired) electrons. The van der Waals surface area contributed by atoms with Crippen LogP contribution in [0.5, 0.6) is 0 Å². The molecule has 1 aromatic carbocycles. The SMILES string of the molecule is Cc1cc(F)ccc1CCNC(=O)NCc1ncnn1C. The molecule has 0 aliphatic heterocycles.